The van der Waals surface area contributed by atoms with Crippen LogP contribution in [0.2, 0.25) is 0 Å². The first-order valence-electron chi connectivity index (χ1n) is 6.21. The van der Waals surface area contributed by atoms with Crippen LogP contribution in [0, 0.1) is 0 Å². The molecule has 0 bridgehead atoms. The lowest BCUT2D eigenvalue weighted by Gasteiger charge is -2.23. The average molecular weight is 301 g/mol. The summed E-state index contributed by atoms with van der Waals surface area (Å²) in [4.78, 5) is 10.5. The molecule has 1 rings (SSSR count). The maximum Gasteiger partial charge on any atom is 0.341 e. The summed E-state index contributed by atoms with van der Waals surface area (Å²) in [5.41, 5.74) is 0. The van der Waals surface area contributed by atoms with Crippen LogP contribution in [0.5, 0.6) is 5.75 Å². The number of hydrogen-bond acceptors (Lipinski definition) is 4. The number of aliphatic carboxylic acids is 1. The van der Waals surface area contributed by atoms with Crippen LogP contribution in [0.15, 0.2) is 29.2 Å². The zero-order chi connectivity index (χ0) is 15.3. The van der Waals surface area contributed by atoms with Gasteiger partial charge in [0.05, 0.1) is 4.90 Å². The van der Waals surface area contributed by atoms with Gasteiger partial charge in [-0.05, 0) is 37.6 Å². The van der Waals surface area contributed by atoms with E-state index in [0.717, 1.165) is 6.42 Å². The van der Waals surface area contributed by atoms with Crippen LogP contribution < -0.4 is 4.74 Å². The summed E-state index contributed by atoms with van der Waals surface area (Å²) in [6.45, 7) is 3.29. The van der Waals surface area contributed by atoms with Crippen molar-refractivity contribution in [2.45, 2.75) is 31.2 Å². The van der Waals surface area contributed by atoms with Crippen LogP contribution in [0.1, 0.15) is 20.3 Å². The highest BCUT2D eigenvalue weighted by atomic mass is 32.2. The van der Waals surface area contributed by atoms with Crippen molar-refractivity contribution in [1.29, 1.82) is 0 Å². The molecule has 20 heavy (non-hydrogen) atoms. The molecule has 1 atom stereocenters. The Morgan fingerprint density at radius 2 is 1.90 bits per heavy atom. The Morgan fingerprint density at radius 3 is 2.35 bits per heavy atom. The van der Waals surface area contributed by atoms with Gasteiger partial charge >= 0.3 is 5.97 Å². The smallest absolute Gasteiger partial charge is 0.341 e. The minimum Gasteiger partial charge on any atom is -0.482 e. The van der Waals surface area contributed by atoms with Gasteiger partial charge < -0.3 is 9.84 Å². The molecule has 1 N–H and O–H groups in total. The molecule has 1 aromatic carbocycles. The number of benzene rings is 1. The Bertz CT molecular complexity index is 553. The molecular formula is C13H19NO5S. The first-order chi connectivity index (χ1) is 9.28. The van der Waals surface area contributed by atoms with Gasteiger partial charge in [0.2, 0.25) is 10.0 Å². The maximum atomic E-state index is 12.3. The number of hydrogen-bond donors (Lipinski definition) is 1. The van der Waals surface area contributed by atoms with Gasteiger partial charge in [-0.25, -0.2) is 13.2 Å². The van der Waals surface area contributed by atoms with Gasteiger partial charge in [0.1, 0.15) is 5.75 Å². The molecule has 0 saturated carbocycles. The van der Waals surface area contributed by atoms with Crippen molar-refractivity contribution in [1.82, 2.24) is 4.31 Å². The maximum absolute atomic E-state index is 12.3. The predicted molar refractivity (Wildman–Crippen MR) is 74.3 cm³/mol. The highest BCUT2D eigenvalue weighted by Gasteiger charge is 2.24. The Balaban J connectivity index is 2.89. The van der Waals surface area contributed by atoms with Crippen molar-refractivity contribution in [3.05, 3.63) is 24.3 Å². The minimum atomic E-state index is -3.54. The van der Waals surface area contributed by atoms with Crippen molar-refractivity contribution in [2.24, 2.45) is 0 Å². The summed E-state index contributed by atoms with van der Waals surface area (Å²) < 4.78 is 30.9. The number of carboxylic acid groups (broad SMARTS) is 1. The zero-order valence-electron chi connectivity index (χ0n) is 11.7. The van der Waals surface area contributed by atoms with Crippen molar-refractivity contribution in [2.75, 3.05) is 13.7 Å². The molecule has 0 aromatic heterocycles. The topological polar surface area (TPSA) is 83.9 Å². The summed E-state index contributed by atoms with van der Waals surface area (Å²) >= 11 is 0. The summed E-state index contributed by atoms with van der Waals surface area (Å²) in [6, 6.07) is 5.61. The van der Waals surface area contributed by atoms with Gasteiger partial charge in [0.25, 0.3) is 0 Å². The van der Waals surface area contributed by atoms with Gasteiger partial charge in [-0.3, -0.25) is 0 Å². The van der Waals surface area contributed by atoms with E-state index in [4.69, 9.17) is 9.84 Å². The Labute approximate surface area is 119 Å². The second kappa shape index (κ2) is 6.71. The highest BCUT2D eigenvalue weighted by Crippen LogP contribution is 2.20. The van der Waals surface area contributed by atoms with E-state index in [0.29, 0.717) is 5.75 Å². The second-order valence-electron chi connectivity index (χ2n) is 4.43. The quantitative estimate of drug-likeness (QED) is 0.826. The highest BCUT2D eigenvalue weighted by molar-refractivity contribution is 7.89. The molecule has 0 amide bonds. The number of carbonyl (C=O) groups is 1. The molecule has 0 aliphatic heterocycles. The predicted octanol–water partition coefficient (Wildman–Crippen LogP) is 1.57. The summed E-state index contributed by atoms with van der Waals surface area (Å²) in [5, 5.41) is 8.49. The van der Waals surface area contributed by atoms with Crippen LogP contribution >= 0.6 is 0 Å². The first-order valence-corrected chi connectivity index (χ1v) is 7.65. The zero-order valence-corrected chi connectivity index (χ0v) is 12.6. The molecule has 112 valence electrons. The third-order valence-electron chi connectivity index (χ3n) is 3.07. The van der Waals surface area contributed by atoms with Gasteiger partial charge in [-0.1, -0.05) is 6.92 Å². The number of ether oxygens (including phenoxy) is 1. The molecule has 0 saturated heterocycles. The lowest BCUT2D eigenvalue weighted by Crippen LogP contribution is -2.34. The van der Waals surface area contributed by atoms with Crippen LogP contribution in [0.3, 0.4) is 0 Å². The van der Waals surface area contributed by atoms with E-state index < -0.39 is 22.6 Å². The summed E-state index contributed by atoms with van der Waals surface area (Å²) in [7, 11) is -2.00. The Morgan fingerprint density at radius 1 is 1.35 bits per heavy atom. The second-order valence-corrected chi connectivity index (χ2v) is 6.43. The van der Waals surface area contributed by atoms with Gasteiger partial charge in [0.15, 0.2) is 6.61 Å². The lowest BCUT2D eigenvalue weighted by molar-refractivity contribution is -0.139. The number of carboxylic acids is 1. The van der Waals surface area contributed by atoms with Crippen molar-refractivity contribution >= 4 is 16.0 Å². The fourth-order valence-corrected chi connectivity index (χ4v) is 2.95. The van der Waals surface area contributed by atoms with Crippen molar-refractivity contribution in [3.63, 3.8) is 0 Å². The monoisotopic (exact) mass is 301 g/mol. The van der Waals surface area contributed by atoms with Crippen LogP contribution in [-0.4, -0.2) is 43.5 Å². The largest absolute Gasteiger partial charge is 0.482 e. The summed E-state index contributed by atoms with van der Waals surface area (Å²) in [6.07, 6.45) is 0.718. The summed E-state index contributed by atoms with van der Waals surface area (Å²) in [5.74, 6) is -0.768. The molecule has 7 heteroatoms. The number of sulfonamides is 1. The minimum absolute atomic E-state index is 0.0945. The Hall–Kier alpha value is -1.60. The van der Waals surface area contributed by atoms with Gasteiger partial charge in [-0.2, -0.15) is 4.31 Å². The molecule has 0 spiro atoms. The third kappa shape index (κ3) is 3.94. The van der Waals surface area contributed by atoms with Crippen molar-refractivity contribution < 1.29 is 23.1 Å². The van der Waals surface area contributed by atoms with E-state index in [9.17, 15) is 13.2 Å². The Kier molecular flexibility index (Phi) is 5.52. The molecule has 1 unspecified atom stereocenters. The van der Waals surface area contributed by atoms with E-state index in [1.165, 1.54) is 28.6 Å². The van der Waals surface area contributed by atoms with Crippen LogP contribution in [0.25, 0.3) is 0 Å². The van der Waals surface area contributed by atoms with Crippen LogP contribution in [-0.2, 0) is 14.8 Å². The van der Waals surface area contributed by atoms with Gasteiger partial charge in [0, 0.05) is 13.1 Å². The van der Waals surface area contributed by atoms with E-state index in [2.05, 4.69) is 0 Å². The molecule has 6 nitrogen and oxygen atoms in total. The third-order valence-corrected chi connectivity index (χ3v) is 5.06. The number of rotatable bonds is 7. The van der Waals surface area contributed by atoms with E-state index in [1.807, 2.05) is 13.8 Å². The standard InChI is InChI=1S/C13H19NO5S/c1-4-10(2)14(3)20(17,18)12-7-5-11(6-8-12)19-9-13(15)16/h5-8,10H,4,9H2,1-3H3,(H,15,16). The SMILES string of the molecule is CCC(C)N(C)S(=O)(=O)c1ccc(OCC(=O)O)cc1. The molecular weight excluding hydrogens is 282 g/mol. The molecule has 0 aliphatic rings. The number of nitrogens with zero attached hydrogens (tertiary/aromatic N) is 1. The van der Waals surface area contributed by atoms with E-state index in [1.54, 1.807) is 7.05 Å². The normalized spacial score (nSPS) is 13.2. The fraction of sp³-hybridized carbons (Fsp3) is 0.462. The van der Waals surface area contributed by atoms with E-state index in [-0.39, 0.29) is 10.9 Å². The average Bonchev–Trinajstić information content (AvgIpc) is 2.43. The molecule has 0 fully saturated rings. The van der Waals surface area contributed by atoms with Crippen LogP contribution in [0.4, 0.5) is 0 Å². The fourth-order valence-electron chi connectivity index (χ4n) is 1.51. The molecule has 0 aliphatic carbocycles. The molecule has 0 radical (unpaired) electrons. The lowest BCUT2D eigenvalue weighted by atomic mass is 10.3. The van der Waals surface area contributed by atoms with Crippen molar-refractivity contribution in [3.8, 4) is 5.75 Å². The molecule has 0 heterocycles. The first kappa shape index (κ1) is 16.5. The molecule has 1 aromatic rings. The van der Waals surface area contributed by atoms with E-state index >= 15 is 0 Å². The van der Waals surface area contributed by atoms with Gasteiger partial charge in [-0.15, -0.1) is 0 Å².